The highest BCUT2D eigenvalue weighted by molar-refractivity contribution is 8.00. The fraction of sp³-hybridized carbons (Fsp3) is 0.579. The molecule has 140 valence electrons. The lowest BCUT2D eigenvalue weighted by Crippen LogP contribution is -2.46. The molecule has 0 saturated heterocycles. The SMILES string of the molecule is C[C@@H]1[C@H](C)CCC[C@H]1NC(=O)[C@H](C)Sc1nnnn1Cc1ccccc1. The summed E-state index contributed by atoms with van der Waals surface area (Å²) in [4.78, 5) is 12.6. The van der Waals surface area contributed by atoms with Gasteiger partial charge in [0.2, 0.25) is 11.1 Å². The minimum atomic E-state index is -0.236. The lowest BCUT2D eigenvalue weighted by atomic mass is 9.78. The van der Waals surface area contributed by atoms with Crippen LogP contribution in [0.1, 0.15) is 45.6 Å². The molecule has 3 rings (SSSR count). The Morgan fingerprint density at radius 1 is 1.31 bits per heavy atom. The average Bonchev–Trinajstić information content (AvgIpc) is 3.06. The standard InChI is InChI=1S/C19H27N5OS/c1-13-8-7-11-17(14(13)2)20-18(25)15(3)26-19-21-22-23-24(19)12-16-9-5-4-6-10-16/h4-6,9-10,13-15,17H,7-8,11-12H2,1-3H3,(H,20,25)/t13-,14-,15+,17-/m1/s1. The van der Waals surface area contributed by atoms with E-state index in [0.29, 0.717) is 23.5 Å². The summed E-state index contributed by atoms with van der Waals surface area (Å²) in [6.45, 7) is 7.03. The van der Waals surface area contributed by atoms with Gasteiger partial charge in [0, 0.05) is 6.04 Å². The number of hydrogen-bond donors (Lipinski definition) is 1. The summed E-state index contributed by atoms with van der Waals surface area (Å²) < 4.78 is 1.75. The minimum Gasteiger partial charge on any atom is -0.352 e. The second-order valence-electron chi connectivity index (χ2n) is 7.25. The molecule has 1 aliphatic rings. The van der Waals surface area contributed by atoms with Crippen molar-refractivity contribution in [3.05, 3.63) is 35.9 Å². The molecule has 1 aliphatic carbocycles. The van der Waals surface area contributed by atoms with Crippen LogP contribution in [0.25, 0.3) is 0 Å². The molecular weight excluding hydrogens is 346 g/mol. The summed E-state index contributed by atoms with van der Waals surface area (Å²) in [6.07, 6.45) is 3.51. The molecule has 1 saturated carbocycles. The first-order valence-corrected chi connectivity index (χ1v) is 10.2. The lowest BCUT2D eigenvalue weighted by Gasteiger charge is -2.35. The Balaban J connectivity index is 1.59. The number of tetrazole rings is 1. The average molecular weight is 374 g/mol. The van der Waals surface area contributed by atoms with E-state index in [1.54, 1.807) is 4.68 Å². The molecule has 26 heavy (non-hydrogen) atoms. The fourth-order valence-electron chi connectivity index (χ4n) is 3.43. The number of carbonyl (C=O) groups is 1. The van der Waals surface area contributed by atoms with Crippen molar-refractivity contribution in [3.8, 4) is 0 Å². The summed E-state index contributed by atoms with van der Waals surface area (Å²) in [6, 6.07) is 10.3. The zero-order chi connectivity index (χ0) is 18.5. The predicted octanol–water partition coefficient (Wildman–Crippen LogP) is 3.14. The third-order valence-corrected chi connectivity index (χ3v) is 6.43. The van der Waals surface area contributed by atoms with E-state index in [9.17, 15) is 4.79 Å². The molecule has 1 heterocycles. The van der Waals surface area contributed by atoms with Crippen LogP contribution in [-0.2, 0) is 11.3 Å². The fourth-order valence-corrected chi connectivity index (χ4v) is 4.23. The van der Waals surface area contributed by atoms with Gasteiger partial charge in [-0.15, -0.1) is 5.10 Å². The Labute approximate surface area is 159 Å². The Morgan fingerprint density at radius 2 is 2.08 bits per heavy atom. The molecule has 1 fully saturated rings. The van der Waals surface area contributed by atoms with Gasteiger partial charge in [0.05, 0.1) is 11.8 Å². The third-order valence-electron chi connectivity index (χ3n) is 5.36. The number of nitrogens with zero attached hydrogens (tertiary/aromatic N) is 4. The van der Waals surface area contributed by atoms with Crippen molar-refractivity contribution in [1.82, 2.24) is 25.5 Å². The second kappa shape index (κ2) is 8.66. The van der Waals surface area contributed by atoms with Gasteiger partial charge >= 0.3 is 0 Å². The van der Waals surface area contributed by atoms with Gasteiger partial charge in [-0.3, -0.25) is 4.79 Å². The highest BCUT2D eigenvalue weighted by atomic mass is 32.2. The normalized spacial score (nSPS) is 24.2. The Morgan fingerprint density at radius 3 is 2.85 bits per heavy atom. The van der Waals surface area contributed by atoms with E-state index in [-0.39, 0.29) is 17.2 Å². The van der Waals surface area contributed by atoms with Crippen LogP contribution in [-0.4, -0.2) is 37.4 Å². The van der Waals surface area contributed by atoms with Gasteiger partial charge in [-0.05, 0) is 41.2 Å². The van der Waals surface area contributed by atoms with E-state index in [1.807, 2.05) is 37.3 Å². The number of carbonyl (C=O) groups excluding carboxylic acids is 1. The molecule has 1 aromatic heterocycles. The van der Waals surface area contributed by atoms with Gasteiger partial charge in [-0.2, -0.15) is 0 Å². The molecule has 6 nitrogen and oxygen atoms in total. The maximum Gasteiger partial charge on any atom is 0.233 e. The van der Waals surface area contributed by atoms with Crippen molar-refractivity contribution in [2.24, 2.45) is 11.8 Å². The third kappa shape index (κ3) is 4.63. The number of rotatable bonds is 6. The van der Waals surface area contributed by atoms with E-state index in [2.05, 4.69) is 34.7 Å². The molecule has 2 aromatic rings. The van der Waals surface area contributed by atoms with Gasteiger partial charge in [0.1, 0.15) is 0 Å². The van der Waals surface area contributed by atoms with Gasteiger partial charge in [0.25, 0.3) is 0 Å². The number of thioether (sulfide) groups is 1. The molecule has 0 unspecified atom stereocenters. The van der Waals surface area contributed by atoms with Crippen molar-refractivity contribution >= 4 is 17.7 Å². The Bertz CT molecular complexity index is 720. The van der Waals surface area contributed by atoms with Crippen LogP contribution in [0.4, 0.5) is 0 Å². The molecule has 0 spiro atoms. The van der Waals surface area contributed by atoms with Crippen molar-refractivity contribution in [2.45, 2.75) is 63.0 Å². The summed E-state index contributed by atoms with van der Waals surface area (Å²) in [5, 5.41) is 15.6. The Hall–Kier alpha value is -1.89. The number of amides is 1. The largest absolute Gasteiger partial charge is 0.352 e. The topological polar surface area (TPSA) is 72.7 Å². The van der Waals surface area contributed by atoms with Crippen LogP contribution >= 0.6 is 11.8 Å². The van der Waals surface area contributed by atoms with Crippen molar-refractivity contribution in [2.75, 3.05) is 0 Å². The first-order valence-electron chi connectivity index (χ1n) is 9.31. The van der Waals surface area contributed by atoms with Gasteiger partial charge in [-0.1, -0.05) is 68.8 Å². The number of hydrogen-bond acceptors (Lipinski definition) is 5. The van der Waals surface area contributed by atoms with Gasteiger partial charge in [-0.25, -0.2) is 4.68 Å². The Kier molecular flexibility index (Phi) is 6.29. The smallest absolute Gasteiger partial charge is 0.233 e. The second-order valence-corrected chi connectivity index (χ2v) is 8.56. The molecular formula is C19H27N5OS. The predicted molar refractivity (Wildman–Crippen MR) is 103 cm³/mol. The highest BCUT2D eigenvalue weighted by Gasteiger charge is 2.29. The molecule has 0 aliphatic heterocycles. The maximum absolute atomic E-state index is 12.6. The van der Waals surface area contributed by atoms with E-state index in [4.69, 9.17) is 0 Å². The van der Waals surface area contributed by atoms with E-state index in [1.165, 1.54) is 24.6 Å². The molecule has 0 radical (unpaired) electrons. The summed E-state index contributed by atoms with van der Waals surface area (Å²) in [7, 11) is 0. The highest BCUT2D eigenvalue weighted by Crippen LogP contribution is 2.30. The first-order chi connectivity index (χ1) is 12.5. The zero-order valence-electron chi connectivity index (χ0n) is 15.6. The lowest BCUT2D eigenvalue weighted by molar-refractivity contribution is -0.121. The van der Waals surface area contributed by atoms with Gasteiger partial charge < -0.3 is 5.32 Å². The minimum absolute atomic E-state index is 0.0650. The van der Waals surface area contributed by atoms with Crippen molar-refractivity contribution < 1.29 is 4.79 Å². The van der Waals surface area contributed by atoms with E-state index in [0.717, 1.165) is 12.0 Å². The number of nitrogens with one attached hydrogen (secondary N) is 1. The molecule has 1 N–H and O–H groups in total. The molecule has 1 aromatic carbocycles. The molecule has 0 bridgehead atoms. The quantitative estimate of drug-likeness (QED) is 0.788. The van der Waals surface area contributed by atoms with Crippen molar-refractivity contribution in [1.29, 1.82) is 0 Å². The van der Waals surface area contributed by atoms with Gasteiger partial charge in [0.15, 0.2) is 0 Å². The molecule has 4 atom stereocenters. The van der Waals surface area contributed by atoms with E-state index < -0.39 is 0 Å². The summed E-state index contributed by atoms with van der Waals surface area (Å²) >= 11 is 1.41. The first kappa shape index (κ1) is 18.9. The van der Waals surface area contributed by atoms with Crippen LogP contribution < -0.4 is 5.32 Å². The summed E-state index contributed by atoms with van der Waals surface area (Å²) in [5.41, 5.74) is 1.13. The van der Waals surface area contributed by atoms with Crippen LogP contribution in [0.5, 0.6) is 0 Å². The maximum atomic E-state index is 12.6. The zero-order valence-corrected chi connectivity index (χ0v) is 16.4. The number of benzene rings is 1. The monoisotopic (exact) mass is 373 g/mol. The summed E-state index contributed by atoms with van der Waals surface area (Å²) in [5.74, 6) is 1.25. The number of aromatic nitrogens is 4. The van der Waals surface area contributed by atoms with Crippen LogP contribution in [0.2, 0.25) is 0 Å². The van der Waals surface area contributed by atoms with E-state index >= 15 is 0 Å². The molecule has 7 heteroatoms. The van der Waals surface area contributed by atoms with Crippen molar-refractivity contribution in [3.63, 3.8) is 0 Å². The van der Waals surface area contributed by atoms with Crippen LogP contribution in [0.3, 0.4) is 0 Å². The van der Waals surface area contributed by atoms with Crippen LogP contribution in [0, 0.1) is 11.8 Å². The van der Waals surface area contributed by atoms with Crippen LogP contribution in [0.15, 0.2) is 35.5 Å². The molecule has 1 amide bonds.